The van der Waals surface area contributed by atoms with E-state index in [1.54, 1.807) is 4.90 Å². The summed E-state index contributed by atoms with van der Waals surface area (Å²) in [6.45, 7) is 2.92. The van der Waals surface area contributed by atoms with Gasteiger partial charge in [0.1, 0.15) is 0 Å². The molecular weight excluding hydrogens is 232 g/mol. The van der Waals surface area contributed by atoms with Crippen molar-refractivity contribution in [3.8, 4) is 0 Å². The molecule has 1 heterocycles. The number of amides is 1. The minimum atomic E-state index is -0.478. The lowest BCUT2D eigenvalue weighted by molar-refractivity contribution is 0.0740. The molecule has 94 valence electrons. The Bertz CT molecular complexity index is 573. The lowest BCUT2D eigenvalue weighted by Gasteiger charge is -2.19. The molecule has 2 N–H and O–H groups in total. The maximum Gasteiger partial charge on any atom is 0.341 e. The van der Waals surface area contributed by atoms with Gasteiger partial charge < -0.3 is 4.90 Å². The Hall–Kier alpha value is -2.37. The van der Waals surface area contributed by atoms with E-state index < -0.39 is 5.69 Å². The molecule has 0 saturated heterocycles. The van der Waals surface area contributed by atoms with Gasteiger partial charge >= 0.3 is 5.69 Å². The second kappa shape index (κ2) is 5.31. The Morgan fingerprint density at radius 2 is 2.06 bits per heavy atom. The topological polar surface area (TPSA) is 81.8 Å². The highest BCUT2D eigenvalue weighted by Crippen LogP contribution is 2.06. The van der Waals surface area contributed by atoms with Gasteiger partial charge in [0.2, 0.25) is 5.82 Å². The fraction of sp³-hybridized carbons (Fsp3) is 0.250. The van der Waals surface area contributed by atoms with Gasteiger partial charge in [-0.15, -0.1) is 5.10 Å². The van der Waals surface area contributed by atoms with Crippen molar-refractivity contribution >= 4 is 5.91 Å². The van der Waals surface area contributed by atoms with Crippen LogP contribution in [-0.2, 0) is 6.54 Å². The van der Waals surface area contributed by atoms with Gasteiger partial charge in [0.15, 0.2) is 0 Å². The first-order chi connectivity index (χ1) is 8.70. The summed E-state index contributed by atoms with van der Waals surface area (Å²) in [5.74, 6) is -0.252. The van der Waals surface area contributed by atoms with Gasteiger partial charge in [0.25, 0.3) is 5.91 Å². The molecule has 6 heteroatoms. The van der Waals surface area contributed by atoms with Crippen LogP contribution in [0.5, 0.6) is 0 Å². The molecule has 0 fully saturated rings. The summed E-state index contributed by atoms with van der Waals surface area (Å²) in [4.78, 5) is 27.0. The number of benzene rings is 1. The van der Waals surface area contributed by atoms with Crippen LogP contribution in [0.1, 0.15) is 23.1 Å². The fourth-order valence-electron chi connectivity index (χ4n) is 1.65. The first kappa shape index (κ1) is 12.1. The van der Waals surface area contributed by atoms with E-state index in [0.717, 1.165) is 5.56 Å². The summed E-state index contributed by atoms with van der Waals surface area (Å²) < 4.78 is 0. The van der Waals surface area contributed by atoms with Crippen molar-refractivity contribution in [3.63, 3.8) is 0 Å². The van der Waals surface area contributed by atoms with E-state index in [0.29, 0.717) is 13.1 Å². The fourth-order valence-corrected chi connectivity index (χ4v) is 1.65. The van der Waals surface area contributed by atoms with Crippen LogP contribution in [0, 0.1) is 0 Å². The Morgan fingerprint density at radius 1 is 1.33 bits per heavy atom. The van der Waals surface area contributed by atoms with Crippen LogP contribution in [0.15, 0.2) is 35.1 Å². The number of nitrogens with one attached hydrogen (secondary N) is 2. The maximum absolute atomic E-state index is 12.1. The summed E-state index contributed by atoms with van der Waals surface area (Å²) >= 11 is 0. The van der Waals surface area contributed by atoms with Gasteiger partial charge in [-0.1, -0.05) is 30.3 Å². The molecule has 1 aromatic heterocycles. The highest BCUT2D eigenvalue weighted by Gasteiger charge is 2.17. The molecule has 6 nitrogen and oxygen atoms in total. The number of aromatic amines is 2. The van der Waals surface area contributed by atoms with Crippen LogP contribution < -0.4 is 5.69 Å². The predicted octanol–water partition coefficient (Wildman–Crippen LogP) is 0.760. The summed E-state index contributed by atoms with van der Waals surface area (Å²) in [5.41, 5.74) is 0.555. The molecule has 0 atom stereocenters. The third-order valence-corrected chi connectivity index (χ3v) is 2.59. The zero-order valence-corrected chi connectivity index (χ0v) is 10.0. The van der Waals surface area contributed by atoms with Gasteiger partial charge in [-0.05, 0) is 12.5 Å². The SMILES string of the molecule is CCN(Cc1ccccc1)C(=O)c1n[nH]c(=O)[nH]1. The van der Waals surface area contributed by atoms with E-state index >= 15 is 0 Å². The molecular formula is C12H14N4O2. The van der Waals surface area contributed by atoms with Crippen molar-refractivity contribution in [1.29, 1.82) is 0 Å². The first-order valence-electron chi connectivity index (χ1n) is 5.68. The van der Waals surface area contributed by atoms with E-state index in [9.17, 15) is 9.59 Å². The minimum absolute atomic E-state index is 0.0396. The standard InChI is InChI=1S/C12H14N4O2/c1-2-16(8-9-6-4-3-5-7-9)11(17)10-13-12(18)15-14-10/h3-7H,2,8H2,1H3,(H2,13,14,15,18). The maximum atomic E-state index is 12.1. The smallest absolute Gasteiger partial charge is 0.332 e. The largest absolute Gasteiger partial charge is 0.341 e. The summed E-state index contributed by atoms with van der Waals surface area (Å²) in [5, 5.41) is 5.83. The Balaban J connectivity index is 2.14. The number of carbonyl (C=O) groups excluding carboxylic acids is 1. The van der Waals surface area contributed by atoms with Crippen LogP contribution in [0.2, 0.25) is 0 Å². The third-order valence-electron chi connectivity index (χ3n) is 2.59. The normalized spacial score (nSPS) is 10.3. The lowest BCUT2D eigenvalue weighted by atomic mass is 10.2. The molecule has 0 spiro atoms. The molecule has 1 amide bonds. The van der Waals surface area contributed by atoms with Crippen molar-refractivity contribution in [2.45, 2.75) is 13.5 Å². The average Bonchev–Trinajstić information content (AvgIpc) is 2.83. The molecule has 0 bridgehead atoms. The highest BCUT2D eigenvalue weighted by atomic mass is 16.2. The molecule has 18 heavy (non-hydrogen) atoms. The molecule has 2 aromatic rings. The Labute approximate surface area is 104 Å². The molecule has 0 aliphatic carbocycles. The van der Waals surface area contributed by atoms with Crippen LogP contribution in [-0.4, -0.2) is 32.5 Å². The van der Waals surface area contributed by atoms with E-state index in [-0.39, 0.29) is 11.7 Å². The van der Waals surface area contributed by atoms with Gasteiger partial charge in [-0.25, -0.2) is 9.89 Å². The molecule has 0 aliphatic heterocycles. The summed E-state index contributed by atoms with van der Waals surface area (Å²) in [6, 6.07) is 9.66. The summed E-state index contributed by atoms with van der Waals surface area (Å²) in [6.07, 6.45) is 0. The van der Waals surface area contributed by atoms with Crippen molar-refractivity contribution in [1.82, 2.24) is 20.1 Å². The van der Waals surface area contributed by atoms with Gasteiger partial charge in [-0.3, -0.25) is 9.78 Å². The molecule has 0 saturated carbocycles. The first-order valence-corrected chi connectivity index (χ1v) is 5.68. The summed E-state index contributed by atoms with van der Waals surface area (Å²) in [7, 11) is 0. The molecule has 0 radical (unpaired) electrons. The number of hydrogen-bond donors (Lipinski definition) is 2. The minimum Gasteiger partial charge on any atom is -0.332 e. The molecule has 1 aromatic carbocycles. The van der Waals surface area contributed by atoms with Crippen molar-refractivity contribution in [2.75, 3.05) is 6.54 Å². The zero-order valence-electron chi connectivity index (χ0n) is 10.0. The van der Waals surface area contributed by atoms with Crippen LogP contribution in [0.4, 0.5) is 0 Å². The lowest BCUT2D eigenvalue weighted by Crippen LogP contribution is -2.31. The highest BCUT2D eigenvalue weighted by molar-refractivity contribution is 5.90. The average molecular weight is 246 g/mol. The molecule has 2 rings (SSSR count). The number of hydrogen-bond acceptors (Lipinski definition) is 3. The number of carbonyl (C=O) groups is 1. The zero-order chi connectivity index (χ0) is 13.0. The van der Waals surface area contributed by atoms with Crippen molar-refractivity contribution < 1.29 is 4.79 Å². The third kappa shape index (κ3) is 2.65. The number of rotatable bonds is 4. The molecule has 0 aliphatic rings. The predicted molar refractivity (Wildman–Crippen MR) is 66.1 cm³/mol. The van der Waals surface area contributed by atoms with Crippen LogP contribution >= 0.6 is 0 Å². The van der Waals surface area contributed by atoms with Gasteiger partial charge in [0, 0.05) is 13.1 Å². The number of aromatic nitrogens is 3. The van der Waals surface area contributed by atoms with Crippen molar-refractivity contribution in [2.24, 2.45) is 0 Å². The van der Waals surface area contributed by atoms with Gasteiger partial charge in [-0.2, -0.15) is 0 Å². The Kier molecular flexibility index (Phi) is 3.57. The quantitative estimate of drug-likeness (QED) is 0.835. The number of H-pyrrole nitrogens is 2. The molecule has 0 unspecified atom stereocenters. The van der Waals surface area contributed by atoms with Gasteiger partial charge in [0.05, 0.1) is 0 Å². The second-order valence-electron chi connectivity index (χ2n) is 3.83. The monoisotopic (exact) mass is 246 g/mol. The number of nitrogens with zero attached hydrogens (tertiary/aromatic N) is 2. The van der Waals surface area contributed by atoms with E-state index in [1.807, 2.05) is 37.3 Å². The van der Waals surface area contributed by atoms with Crippen LogP contribution in [0.25, 0.3) is 0 Å². The van der Waals surface area contributed by atoms with E-state index in [2.05, 4.69) is 15.2 Å². The van der Waals surface area contributed by atoms with E-state index in [4.69, 9.17) is 0 Å². The Morgan fingerprint density at radius 3 is 2.61 bits per heavy atom. The van der Waals surface area contributed by atoms with E-state index in [1.165, 1.54) is 0 Å². The second-order valence-corrected chi connectivity index (χ2v) is 3.83. The van der Waals surface area contributed by atoms with Crippen molar-refractivity contribution in [3.05, 3.63) is 52.2 Å². The van der Waals surface area contributed by atoms with Crippen LogP contribution in [0.3, 0.4) is 0 Å².